The first-order chi connectivity index (χ1) is 15.4. The summed E-state index contributed by atoms with van der Waals surface area (Å²) in [5, 5.41) is 12.2. The number of aromatic nitrogens is 1. The molecule has 3 aliphatic carbocycles. The van der Waals surface area contributed by atoms with Crippen LogP contribution in [0.3, 0.4) is 0 Å². The number of aliphatic hydroxyl groups excluding tert-OH is 1. The molecule has 5 heteroatoms. The minimum Gasteiger partial charge on any atom is -0.392 e. The van der Waals surface area contributed by atoms with Crippen LogP contribution in [0.2, 0.25) is 0 Å². The number of rotatable bonds is 4. The van der Waals surface area contributed by atoms with Crippen molar-refractivity contribution < 1.29 is 14.3 Å². The number of carbonyl (C=O) groups is 1. The Kier molecular flexibility index (Phi) is 5.40. The van der Waals surface area contributed by atoms with Crippen LogP contribution in [0.15, 0.2) is 42.7 Å². The van der Waals surface area contributed by atoms with Gasteiger partial charge in [-0.15, -0.1) is 0 Å². The smallest absolute Gasteiger partial charge is 0.251 e. The largest absolute Gasteiger partial charge is 0.392 e. The van der Waals surface area contributed by atoms with Gasteiger partial charge in [-0.2, -0.15) is 0 Å². The number of nitrogens with zero attached hydrogens (tertiary/aromatic N) is 1. The van der Waals surface area contributed by atoms with Gasteiger partial charge in [0.1, 0.15) is 5.82 Å². The van der Waals surface area contributed by atoms with Gasteiger partial charge in [0.25, 0.3) is 5.91 Å². The van der Waals surface area contributed by atoms with Gasteiger partial charge in [-0.1, -0.05) is 19.1 Å². The van der Waals surface area contributed by atoms with E-state index in [2.05, 4.69) is 29.4 Å². The number of benzene rings is 1. The van der Waals surface area contributed by atoms with Crippen molar-refractivity contribution in [3.8, 4) is 0 Å². The van der Waals surface area contributed by atoms with Gasteiger partial charge < -0.3 is 10.4 Å². The molecule has 1 fully saturated rings. The molecular weight excluding hydrogens is 403 g/mol. The average molecular weight is 435 g/mol. The minimum atomic E-state index is -0.554. The first-order valence-electron chi connectivity index (χ1n) is 11.8. The molecule has 4 nitrogen and oxygen atoms in total. The standard InChI is InChI=1S/C27H31FN2O2/c1-16(31)13-30-26(32)18-4-5-21-17(11-18)3-6-23-22(21)9-10-27(2)24(7-8-25(23)27)19-12-20(28)15-29-14-19/h4-5,7,11-12,14-16,22-23,25,31H,3,6,8-10,13H2,1-2H3,(H,30,32). The molecule has 1 aromatic heterocycles. The number of carbonyl (C=O) groups excluding carboxylic acids is 1. The third-order valence-electron chi connectivity index (χ3n) is 8.14. The summed E-state index contributed by atoms with van der Waals surface area (Å²) in [6.07, 6.45) is 10.2. The highest BCUT2D eigenvalue weighted by atomic mass is 19.1. The van der Waals surface area contributed by atoms with Crippen molar-refractivity contribution in [3.63, 3.8) is 0 Å². The van der Waals surface area contributed by atoms with Crippen molar-refractivity contribution in [2.24, 2.45) is 17.3 Å². The lowest BCUT2D eigenvalue weighted by atomic mass is 9.54. The third-order valence-corrected chi connectivity index (χ3v) is 8.14. The fourth-order valence-electron chi connectivity index (χ4n) is 6.64. The predicted octanol–water partition coefficient (Wildman–Crippen LogP) is 4.88. The van der Waals surface area contributed by atoms with Gasteiger partial charge in [-0.25, -0.2) is 4.39 Å². The molecule has 0 radical (unpaired) electrons. The molecule has 5 unspecified atom stereocenters. The van der Waals surface area contributed by atoms with E-state index in [0.29, 0.717) is 23.3 Å². The van der Waals surface area contributed by atoms with E-state index in [0.717, 1.165) is 37.7 Å². The van der Waals surface area contributed by atoms with E-state index in [4.69, 9.17) is 0 Å². The highest BCUT2D eigenvalue weighted by Gasteiger charge is 2.52. The van der Waals surface area contributed by atoms with Crippen LogP contribution < -0.4 is 5.32 Å². The van der Waals surface area contributed by atoms with Crippen LogP contribution in [-0.4, -0.2) is 28.6 Å². The molecule has 2 aromatic rings. The Bertz CT molecular complexity index is 1080. The fourth-order valence-corrected chi connectivity index (χ4v) is 6.64. The normalized spacial score (nSPS) is 29.4. The summed E-state index contributed by atoms with van der Waals surface area (Å²) >= 11 is 0. The van der Waals surface area contributed by atoms with Crippen LogP contribution >= 0.6 is 0 Å². The van der Waals surface area contributed by atoms with E-state index in [9.17, 15) is 14.3 Å². The van der Waals surface area contributed by atoms with Crippen LogP contribution in [-0.2, 0) is 6.42 Å². The monoisotopic (exact) mass is 434 g/mol. The number of hydrogen-bond acceptors (Lipinski definition) is 3. The van der Waals surface area contributed by atoms with Gasteiger partial charge in [0.15, 0.2) is 0 Å². The number of allylic oxidation sites excluding steroid dienone is 2. The molecule has 0 saturated heterocycles. The lowest BCUT2D eigenvalue weighted by Crippen LogP contribution is -2.41. The van der Waals surface area contributed by atoms with Crippen molar-refractivity contribution in [2.45, 2.75) is 58.0 Å². The van der Waals surface area contributed by atoms with E-state index >= 15 is 0 Å². The van der Waals surface area contributed by atoms with Crippen molar-refractivity contribution in [1.82, 2.24) is 10.3 Å². The molecule has 168 valence electrons. The number of hydrogen-bond donors (Lipinski definition) is 2. The molecule has 1 amide bonds. The number of pyridine rings is 1. The van der Waals surface area contributed by atoms with Crippen LogP contribution in [0.5, 0.6) is 0 Å². The number of nitrogens with one attached hydrogen (secondary N) is 1. The lowest BCUT2D eigenvalue weighted by Gasteiger charge is -2.50. The van der Waals surface area contributed by atoms with Gasteiger partial charge in [-0.05, 0) is 103 Å². The highest BCUT2D eigenvalue weighted by molar-refractivity contribution is 5.94. The minimum absolute atomic E-state index is 0.0644. The summed E-state index contributed by atoms with van der Waals surface area (Å²) in [7, 11) is 0. The Balaban J connectivity index is 1.37. The highest BCUT2D eigenvalue weighted by Crippen LogP contribution is 2.63. The summed E-state index contributed by atoms with van der Waals surface area (Å²) < 4.78 is 13.9. The number of aliphatic hydroxyl groups is 1. The summed E-state index contributed by atoms with van der Waals surface area (Å²) in [5.41, 5.74) is 5.62. The molecule has 32 heavy (non-hydrogen) atoms. The second-order valence-electron chi connectivity index (χ2n) is 10.1. The summed E-state index contributed by atoms with van der Waals surface area (Å²) in [5.74, 6) is 1.28. The second-order valence-corrected chi connectivity index (χ2v) is 10.1. The Labute approximate surface area is 189 Å². The van der Waals surface area contributed by atoms with Gasteiger partial charge in [0, 0.05) is 18.3 Å². The zero-order valence-corrected chi connectivity index (χ0v) is 18.8. The zero-order chi connectivity index (χ0) is 22.5. The maximum absolute atomic E-state index is 13.9. The predicted molar refractivity (Wildman–Crippen MR) is 123 cm³/mol. The van der Waals surface area contributed by atoms with Crippen LogP contribution in [0.25, 0.3) is 5.57 Å². The molecule has 5 atom stereocenters. The average Bonchev–Trinajstić information content (AvgIpc) is 3.14. The van der Waals surface area contributed by atoms with E-state index in [1.54, 1.807) is 19.2 Å². The first-order valence-corrected chi connectivity index (χ1v) is 11.8. The van der Waals surface area contributed by atoms with E-state index < -0.39 is 6.10 Å². The van der Waals surface area contributed by atoms with Crippen LogP contribution in [0.1, 0.15) is 72.5 Å². The van der Waals surface area contributed by atoms with Crippen molar-refractivity contribution in [1.29, 1.82) is 0 Å². The molecule has 0 bridgehead atoms. The molecule has 1 aromatic carbocycles. The molecule has 5 rings (SSSR count). The topological polar surface area (TPSA) is 62.2 Å². The van der Waals surface area contributed by atoms with Gasteiger partial charge >= 0.3 is 0 Å². The number of halogens is 1. The maximum Gasteiger partial charge on any atom is 0.251 e. The zero-order valence-electron chi connectivity index (χ0n) is 18.8. The molecule has 0 spiro atoms. The van der Waals surface area contributed by atoms with Gasteiger partial charge in [0.05, 0.1) is 12.3 Å². The second kappa shape index (κ2) is 8.11. The van der Waals surface area contributed by atoms with Gasteiger partial charge in [0.2, 0.25) is 0 Å². The summed E-state index contributed by atoms with van der Waals surface area (Å²) in [6.45, 7) is 4.29. The van der Waals surface area contributed by atoms with E-state index in [1.807, 2.05) is 12.1 Å². The van der Waals surface area contributed by atoms with Crippen molar-refractivity contribution in [2.75, 3.05) is 6.54 Å². The number of aryl methyl sites for hydroxylation is 1. The SMILES string of the molecule is CC(O)CNC(=O)c1ccc2c(c1)CCC1C2CCC2(C)C(c3cncc(F)c3)=CCC12. The summed E-state index contributed by atoms with van der Waals surface area (Å²) in [4.78, 5) is 16.5. The molecule has 0 aliphatic heterocycles. The Morgan fingerprint density at radius 2 is 2.16 bits per heavy atom. The van der Waals surface area contributed by atoms with Crippen molar-refractivity contribution >= 4 is 11.5 Å². The van der Waals surface area contributed by atoms with Gasteiger partial charge in [-0.3, -0.25) is 9.78 Å². The van der Waals surface area contributed by atoms with E-state index in [-0.39, 0.29) is 23.7 Å². The third kappa shape index (κ3) is 3.57. The Morgan fingerprint density at radius 3 is 2.94 bits per heavy atom. The Morgan fingerprint density at radius 1 is 1.31 bits per heavy atom. The number of fused-ring (bicyclic) bond motifs is 5. The number of amides is 1. The molecule has 2 N–H and O–H groups in total. The van der Waals surface area contributed by atoms with Crippen molar-refractivity contribution in [3.05, 3.63) is 70.8 Å². The first kappa shape index (κ1) is 21.3. The molecular formula is C27H31FN2O2. The van der Waals surface area contributed by atoms with E-state index in [1.165, 1.54) is 22.9 Å². The maximum atomic E-state index is 13.9. The lowest BCUT2D eigenvalue weighted by molar-refractivity contribution is 0.0883. The fraction of sp³-hybridized carbons (Fsp3) is 0.481. The van der Waals surface area contributed by atoms with Crippen LogP contribution in [0.4, 0.5) is 4.39 Å². The quantitative estimate of drug-likeness (QED) is 0.721. The molecule has 1 heterocycles. The van der Waals surface area contributed by atoms with Crippen LogP contribution in [0, 0.1) is 23.1 Å². The summed E-state index contributed by atoms with van der Waals surface area (Å²) in [6, 6.07) is 7.77. The molecule has 1 saturated carbocycles. The Hall–Kier alpha value is -2.53. The molecule has 3 aliphatic rings.